The maximum absolute atomic E-state index is 10.5. The summed E-state index contributed by atoms with van der Waals surface area (Å²) in [7, 11) is -10.1. The molecule has 0 fully saturated rings. The number of carbonyl (C=O) groups is 2. The Kier molecular flexibility index (Phi) is 4.55. The first kappa shape index (κ1) is 14.5. The number of carbonyl (C=O) groups excluding carboxylic acids is 2. The molecule has 92 valence electrons. The molecule has 2 N–H and O–H groups in total. The Morgan fingerprint density at radius 3 is 1.25 bits per heavy atom. The Morgan fingerprint density at radius 1 is 0.812 bits per heavy atom. The van der Waals surface area contributed by atoms with E-state index in [4.69, 9.17) is 9.11 Å². The molecule has 0 aliphatic carbocycles. The lowest BCUT2D eigenvalue weighted by Crippen LogP contribution is -2.12. The summed E-state index contributed by atoms with van der Waals surface area (Å²) in [4.78, 5) is 20.9. The van der Waals surface area contributed by atoms with Gasteiger partial charge in [-0.2, -0.15) is 16.8 Å². The lowest BCUT2D eigenvalue weighted by atomic mass is 10.5. The number of rotatable bonds is 4. The van der Waals surface area contributed by atoms with E-state index in [2.05, 4.69) is 8.37 Å². The highest BCUT2D eigenvalue weighted by Crippen LogP contribution is 1.92. The van der Waals surface area contributed by atoms with Crippen molar-refractivity contribution < 1.29 is 43.9 Å². The van der Waals surface area contributed by atoms with Crippen LogP contribution in [-0.2, 0) is 38.8 Å². The van der Waals surface area contributed by atoms with Gasteiger partial charge >= 0.3 is 32.7 Å². The fraction of sp³-hybridized carbons (Fsp3) is 0. The number of hydrogen-bond acceptors (Lipinski definition) is 8. The summed E-state index contributed by atoms with van der Waals surface area (Å²) in [6.45, 7) is 0. The van der Waals surface area contributed by atoms with Crippen LogP contribution >= 0.6 is 0 Å². The van der Waals surface area contributed by atoms with Crippen molar-refractivity contribution in [3.05, 3.63) is 12.2 Å². The van der Waals surface area contributed by atoms with Gasteiger partial charge in [0.25, 0.3) is 0 Å². The normalized spacial score (nSPS) is 12.4. The van der Waals surface area contributed by atoms with Crippen molar-refractivity contribution in [2.45, 2.75) is 0 Å². The van der Waals surface area contributed by atoms with Crippen molar-refractivity contribution in [2.75, 3.05) is 0 Å². The Hall–Kier alpha value is -1.50. The molecule has 0 aromatic rings. The predicted molar refractivity (Wildman–Crippen MR) is 44.4 cm³/mol. The topological polar surface area (TPSA) is 161 Å². The molecule has 0 heterocycles. The lowest BCUT2D eigenvalue weighted by molar-refractivity contribution is -0.131. The van der Waals surface area contributed by atoms with Gasteiger partial charge < -0.3 is 8.37 Å². The zero-order valence-electron chi connectivity index (χ0n) is 7.13. The Balaban J connectivity index is 4.41. The first-order valence-electron chi connectivity index (χ1n) is 3.09. The molecule has 0 spiro atoms. The molecule has 0 unspecified atom stereocenters. The first-order valence-corrected chi connectivity index (χ1v) is 5.82. The molecular weight excluding hydrogens is 272 g/mol. The van der Waals surface area contributed by atoms with Gasteiger partial charge in [0.15, 0.2) is 0 Å². The zero-order chi connectivity index (χ0) is 13.0. The second-order valence-electron chi connectivity index (χ2n) is 1.99. The van der Waals surface area contributed by atoms with Gasteiger partial charge in [0, 0.05) is 12.2 Å². The second-order valence-corrected chi connectivity index (χ2v) is 4.04. The van der Waals surface area contributed by atoms with Crippen molar-refractivity contribution in [3.8, 4) is 0 Å². The number of hydrogen-bond donors (Lipinski definition) is 2. The van der Waals surface area contributed by atoms with Gasteiger partial charge in [-0.3, -0.25) is 9.11 Å². The van der Waals surface area contributed by atoms with Gasteiger partial charge in [0.1, 0.15) is 0 Å². The second kappa shape index (κ2) is 5.02. The largest absolute Gasteiger partial charge is 0.449 e. The molecule has 0 rings (SSSR count). The molecule has 0 aliphatic heterocycles. The summed E-state index contributed by atoms with van der Waals surface area (Å²) in [6, 6.07) is 0. The average molecular weight is 276 g/mol. The Bertz CT molecular complexity index is 459. The fourth-order valence-electron chi connectivity index (χ4n) is 0.399. The van der Waals surface area contributed by atoms with Gasteiger partial charge in [-0.1, -0.05) is 0 Å². The third-order valence-electron chi connectivity index (χ3n) is 0.730. The maximum Gasteiger partial charge on any atom is 0.449 e. The summed E-state index contributed by atoms with van der Waals surface area (Å²) >= 11 is 0. The minimum absolute atomic E-state index is 0.154. The molecule has 0 amide bonds. The van der Waals surface area contributed by atoms with Gasteiger partial charge in [-0.05, 0) is 0 Å². The average Bonchev–Trinajstić information content (AvgIpc) is 1.94. The molecule has 0 bridgehead atoms. The Morgan fingerprint density at radius 2 is 1.06 bits per heavy atom. The molecule has 0 aromatic carbocycles. The molecule has 0 aliphatic rings. The van der Waals surface area contributed by atoms with Crippen LogP contribution in [0.1, 0.15) is 0 Å². The highest BCUT2D eigenvalue weighted by atomic mass is 32.3. The van der Waals surface area contributed by atoms with E-state index < -0.39 is 32.7 Å². The van der Waals surface area contributed by atoms with Crippen LogP contribution in [0.5, 0.6) is 0 Å². The highest BCUT2D eigenvalue weighted by Gasteiger charge is 2.13. The van der Waals surface area contributed by atoms with Crippen molar-refractivity contribution in [1.82, 2.24) is 0 Å². The van der Waals surface area contributed by atoms with Crippen molar-refractivity contribution in [1.29, 1.82) is 0 Å². The van der Waals surface area contributed by atoms with Crippen molar-refractivity contribution in [3.63, 3.8) is 0 Å². The molecule has 0 radical (unpaired) electrons. The van der Waals surface area contributed by atoms with E-state index in [0.717, 1.165) is 0 Å². The Labute approximate surface area is 89.4 Å². The van der Waals surface area contributed by atoms with E-state index in [1.165, 1.54) is 0 Å². The molecule has 10 nitrogen and oxygen atoms in total. The molecular formula is C4H4O10S2. The van der Waals surface area contributed by atoms with Crippen molar-refractivity contribution in [2.24, 2.45) is 0 Å². The van der Waals surface area contributed by atoms with E-state index >= 15 is 0 Å². The first-order chi connectivity index (χ1) is 6.99. The van der Waals surface area contributed by atoms with E-state index in [0.29, 0.717) is 0 Å². The molecule has 0 saturated carbocycles. The van der Waals surface area contributed by atoms with E-state index in [9.17, 15) is 26.4 Å². The van der Waals surface area contributed by atoms with Gasteiger partial charge in [-0.25, -0.2) is 9.59 Å². The van der Waals surface area contributed by atoms with Gasteiger partial charge in [-0.15, -0.1) is 0 Å². The fourth-order valence-corrected chi connectivity index (χ4v) is 0.926. The summed E-state index contributed by atoms with van der Waals surface area (Å²) in [6.07, 6.45) is 0.308. The maximum atomic E-state index is 10.5. The van der Waals surface area contributed by atoms with Crippen LogP contribution in [0.4, 0.5) is 0 Å². The quantitative estimate of drug-likeness (QED) is 0.444. The smallest absolute Gasteiger partial charge is 0.321 e. The highest BCUT2D eigenvalue weighted by molar-refractivity contribution is 7.81. The predicted octanol–water partition coefficient (Wildman–Crippen LogP) is -1.77. The van der Waals surface area contributed by atoms with Gasteiger partial charge in [0.05, 0.1) is 0 Å². The monoisotopic (exact) mass is 276 g/mol. The summed E-state index contributed by atoms with van der Waals surface area (Å²) in [5.41, 5.74) is 0. The summed E-state index contributed by atoms with van der Waals surface area (Å²) < 4.78 is 62.3. The van der Waals surface area contributed by atoms with E-state index in [1.807, 2.05) is 0 Å². The summed E-state index contributed by atoms with van der Waals surface area (Å²) in [5.74, 6) is -3.34. The van der Waals surface area contributed by atoms with E-state index in [1.54, 1.807) is 0 Å². The van der Waals surface area contributed by atoms with Crippen LogP contribution in [0, 0.1) is 0 Å². The minimum Gasteiger partial charge on any atom is -0.321 e. The van der Waals surface area contributed by atoms with Crippen molar-refractivity contribution >= 4 is 32.7 Å². The SMILES string of the molecule is O=C(/C=C/C(=O)OS(=O)(=O)O)OS(=O)(=O)O. The zero-order valence-corrected chi connectivity index (χ0v) is 8.76. The van der Waals surface area contributed by atoms with Crippen LogP contribution in [0.2, 0.25) is 0 Å². The molecule has 0 saturated heterocycles. The molecule has 0 atom stereocenters. The lowest BCUT2D eigenvalue weighted by Gasteiger charge is -1.95. The molecule has 16 heavy (non-hydrogen) atoms. The third kappa shape index (κ3) is 9.07. The van der Waals surface area contributed by atoms with Gasteiger partial charge in [0.2, 0.25) is 0 Å². The molecule has 12 heteroatoms. The van der Waals surface area contributed by atoms with Crippen LogP contribution in [0.25, 0.3) is 0 Å². The van der Waals surface area contributed by atoms with Crippen LogP contribution in [-0.4, -0.2) is 37.9 Å². The van der Waals surface area contributed by atoms with Crippen LogP contribution in [0.3, 0.4) is 0 Å². The van der Waals surface area contributed by atoms with Crippen LogP contribution in [0.15, 0.2) is 12.2 Å². The minimum atomic E-state index is -5.03. The third-order valence-corrected chi connectivity index (χ3v) is 1.48. The summed E-state index contributed by atoms with van der Waals surface area (Å²) in [5, 5.41) is 0. The standard InChI is InChI=1S/C4H4O10S2/c5-3(13-15(7,8)9)1-2-4(6)14-16(10,11)12/h1-2H,(H,7,8,9)(H,10,11,12)/b2-1+. The van der Waals surface area contributed by atoms with Crippen LogP contribution < -0.4 is 0 Å². The molecule has 0 aromatic heterocycles. The van der Waals surface area contributed by atoms with E-state index in [-0.39, 0.29) is 12.2 Å².